The minimum absolute atomic E-state index is 0.00474. The van der Waals surface area contributed by atoms with Crippen LogP contribution in [0.15, 0.2) is 0 Å². The number of ether oxygens (including phenoxy) is 6. The lowest BCUT2D eigenvalue weighted by atomic mass is 9.78. The fraction of sp³-hybridized carbons (Fsp3) is 0.919. The van der Waals surface area contributed by atoms with Crippen LogP contribution < -0.4 is 21.3 Å². The van der Waals surface area contributed by atoms with Crippen molar-refractivity contribution in [2.24, 2.45) is 11.8 Å². The van der Waals surface area contributed by atoms with Gasteiger partial charge in [0.2, 0.25) is 0 Å². The summed E-state index contributed by atoms with van der Waals surface area (Å²) in [7, 11) is 4.33. The van der Waals surface area contributed by atoms with Gasteiger partial charge in [0.05, 0.1) is 24.7 Å². The van der Waals surface area contributed by atoms with Gasteiger partial charge in [-0.2, -0.15) is 0 Å². The van der Waals surface area contributed by atoms with Crippen LogP contribution in [-0.4, -0.2) is 163 Å². The predicted octanol–water partition coefficient (Wildman–Crippen LogP) is 12.9. The van der Waals surface area contributed by atoms with Gasteiger partial charge >= 0.3 is 35.8 Å². The van der Waals surface area contributed by atoms with E-state index in [-0.39, 0.29) is 90.6 Å². The third-order valence-electron chi connectivity index (χ3n) is 20.8. The molecule has 532 valence electrons. The van der Waals surface area contributed by atoms with E-state index in [1.54, 1.807) is 0 Å². The van der Waals surface area contributed by atoms with Gasteiger partial charge in [0, 0.05) is 156 Å². The summed E-state index contributed by atoms with van der Waals surface area (Å²) in [5.41, 5.74) is -2.36. The van der Waals surface area contributed by atoms with Crippen molar-refractivity contribution >= 4 is 35.8 Å². The molecular formula is C74H134N6O12. The maximum atomic E-state index is 14.6. The summed E-state index contributed by atoms with van der Waals surface area (Å²) in [6.45, 7) is 50.9. The van der Waals surface area contributed by atoms with Crippen molar-refractivity contribution in [3.05, 3.63) is 0 Å². The average molecular weight is 1300 g/mol. The Bertz CT molecular complexity index is 2260. The van der Waals surface area contributed by atoms with Crippen molar-refractivity contribution in [3.8, 4) is 0 Å². The van der Waals surface area contributed by atoms with Gasteiger partial charge < -0.3 is 49.7 Å². The maximum absolute atomic E-state index is 14.6. The first-order valence-electron chi connectivity index (χ1n) is 35.4. The second kappa shape index (κ2) is 29.7. The number of piperidine rings is 6. The Morgan fingerprint density at radius 2 is 0.478 bits per heavy atom. The highest BCUT2D eigenvalue weighted by molar-refractivity contribution is 5.89. The number of carbonyl (C=O) groups excluding carboxylic acids is 6. The lowest BCUT2D eigenvalue weighted by Gasteiger charge is -2.53. The Morgan fingerprint density at radius 1 is 0.293 bits per heavy atom. The van der Waals surface area contributed by atoms with Crippen molar-refractivity contribution in [1.82, 2.24) is 31.1 Å². The summed E-state index contributed by atoms with van der Waals surface area (Å²) >= 11 is 0. The Morgan fingerprint density at radius 3 is 0.707 bits per heavy atom. The summed E-state index contributed by atoms with van der Waals surface area (Å²) in [6.07, 6.45) is 12.4. The number of carbonyl (C=O) groups is 6. The fourth-order valence-corrected chi connectivity index (χ4v) is 17.8. The standard InChI is InChI=1S/C44H78N4O8.C30H56N2O4/c1-37(2)19-27(20-38(3,4)45-37)53-33(49)17-31(35(51)55-29-23-41(9,10)47-42(11,12)24-29)32(36(52)56-30-25-43(13,14)48-44(15,16)26-30)18-34(50)54-28-21-39(5,6)46-40(7,8)22-28;1-27(2)19-23(20-28(3,4)31(27)9)35-25(33)17-15-13-11-12-14-16-18-26(34)36-24-21-29(5,6)32(10)30(7,8)22-24/h27-32,45-48H,17-26H2,1-16H3;23-24H,11-22H2,1-10H3. The van der Waals surface area contributed by atoms with Crippen molar-refractivity contribution in [1.29, 1.82) is 0 Å². The number of esters is 6. The smallest absolute Gasteiger partial charge is 0.310 e. The Kier molecular flexibility index (Phi) is 25.6. The SMILES string of the molecule is CC1(C)CC(OC(=O)CC(C(=O)OC2CC(C)(C)NC(C)(C)C2)C(CC(=O)OC2CC(C)(C)NC(C)(C)C2)C(=O)OC2CC(C)(C)NC(C)(C)C2)CC(C)(C)N1.CN1C(C)(C)CC(OC(=O)CCCCCCCCC(=O)OC2CC(C)(C)N(C)C(C)(C)C2)CC1(C)C. The lowest BCUT2D eigenvalue weighted by molar-refractivity contribution is -0.178. The molecule has 6 aliphatic rings. The fourth-order valence-electron chi connectivity index (χ4n) is 17.8. The molecule has 6 saturated heterocycles. The van der Waals surface area contributed by atoms with Gasteiger partial charge in [-0.25, -0.2) is 0 Å². The summed E-state index contributed by atoms with van der Waals surface area (Å²) in [6, 6.07) is 0. The Balaban J connectivity index is 0.000000368. The molecule has 6 rings (SSSR count). The molecule has 0 saturated carbocycles. The first kappa shape index (κ1) is 79.3. The van der Waals surface area contributed by atoms with Crippen LogP contribution in [0, 0.1) is 11.8 Å². The second-order valence-electron chi connectivity index (χ2n) is 37.2. The van der Waals surface area contributed by atoms with Gasteiger partial charge in [-0.05, 0) is 193 Å². The maximum Gasteiger partial charge on any atom is 0.310 e. The molecule has 0 aromatic rings. The molecule has 6 heterocycles. The molecule has 0 radical (unpaired) electrons. The molecular weight excluding hydrogens is 1160 g/mol. The monoisotopic (exact) mass is 1300 g/mol. The molecule has 2 atom stereocenters. The average Bonchev–Trinajstić information content (AvgIpc) is 0.803. The molecule has 0 bridgehead atoms. The van der Waals surface area contributed by atoms with Gasteiger partial charge in [0.15, 0.2) is 0 Å². The zero-order valence-corrected chi connectivity index (χ0v) is 63.0. The highest BCUT2D eigenvalue weighted by Crippen LogP contribution is 2.42. The van der Waals surface area contributed by atoms with Gasteiger partial charge in [-0.3, -0.25) is 38.6 Å². The molecule has 92 heavy (non-hydrogen) atoms. The van der Waals surface area contributed by atoms with Gasteiger partial charge in [-0.1, -0.05) is 25.7 Å². The zero-order valence-electron chi connectivity index (χ0n) is 63.0. The molecule has 0 aromatic heterocycles. The van der Waals surface area contributed by atoms with Crippen LogP contribution in [0.1, 0.15) is 307 Å². The van der Waals surface area contributed by atoms with Crippen molar-refractivity contribution < 1.29 is 57.2 Å². The lowest BCUT2D eigenvalue weighted by Crippen LogP contribution is -2.60. The van der Waals surface area contributed by atoms with E-state index in [0.29, 0.717) is 64.2 Å². The molecule has 0 spiro atoms. The number of nitrogens with zero attached hydrogens (tertiary/aromatic N) is 2. The molecule has 6 aliphatic heterocycles. The molecule has 6 fully saturated rings. The van der Waals surface area contributed by atoms with Gasteiger partial charge in [0.25, 0.3) is 0 Å². The molecule has 0 amide bonds. The molecule has 18 nitrogen and oxygen atoms in total. The third kappa shape index (κ3) is 24.9. The second-order valence-corrected chi connectivity index (χ2v) is 37.2. The zero-order chi connectivity index (χ0) is 69.9. The summed E-state index contributed by atoms with van der Waals surface area (Å²) in [4.78, 5) is 86.9. The third-order valence-corrected chi connectivity index (χ3v) is 20.8. The topological polar surface area (TPSA) is 212 Å². The number of likely N-dealkylation sites (tertiary alicyclic amines) is 2. The van der Waals surface area contributed by atoms with Crippen molar-refractivity contribution in [2.45, 2.75) is 411 Å². The van der Waals surface area contributed by atoms with E-state index in [1.165, 1.54) is 0 Å². The van der Waals surface area contributed by atoms with E-state index in [0.717, 1.165) is 64.2 Å². The van der Waals surface area contributed by atoms with Crippen LogP contribution in [0.25, 0.3) is 0 Å². The minimum Gasteiger partial charge on any atom is -0.462 e. The van der Waals surface area contributed by atoms with Crippen LogP contribution >= 0.6 is 0 Å². The first-order chi connectivity index (χ1) is 41.6. The Hall–Kier alpha value is -3.42. The summed E-state index contributed by atoms with van der Waals surface area (Å²) in [5.74, 6) is -5.45. The number of hydrogen-bond acceptors (Lipinski definition) is 18. The van der Waals surface area contributed by atoms with Crippen molar-refractivity contribution in [2.75, 3.05) is 14.1 Å². The molecule has 4 N–H and O–H groups in total. The largest absolute Gasteiger partial charge is 0.462 e. The van der Waals surface area contributed by atoms with E-state index in [9.17, 15) is 28.8 Å². The van der Waals surface area contributed by atoms with Crippen LogP contribution in [0.2, 0.25) is 0 Å². The Labute approximate surface area is 558 Å². The first-order valence-corrected chi connectivity index (χ1v) is 35.4. The minimum atomic E-state index is -1.34. The number of rotatable bonds is 22. The molecule has 18 heteroatoms. The molecule has 2 unspecified atom stereocenters. The highest BCUT2D eigenvalue weighted by atomic mass is 16.6. The van der Waals surface area contributed by atoms with Gasteiger partial charge in [-0.15, -0.1) is 0 Å². The normalized spacial score (nSPS) is 26.5. The van der Waals surface area contributed by atoms with Gasteiger partial charge in [0.1, 0.15) is 36.6 Å². The summed E-state index contributed by atoms with van der Waals surface area (Å²) in [5, 5.41) is 14.5. The van der Waals surface area contributed by atoms with E-state index in [2.05, 4.69) is 211 Å². The number of hydrogen-bond donors (Lipinski definition) is 4. The summed E-state index contributed by atoms with van der Waals surface area (Å²) < 4.78 is 36.5. The quantitative estimate of drug-likeness (QED) is 0.0451. The van der Waals surface area contributed by atoms with E-state index in [1.807, 2.05) is 0 Å². The predicted molar refractivity (Wildman–Crippen MR) is 365 cm³/mol. The van der Waals surface area contributed by atoms with Crippen LogP contribution in [0.5, 0.6) is 0 Å². The molecule has 0 aromatic carbocycles. The van der Waals surface area contributed by atoms with E-state index in [4.69, 9.17) is 28.4 Å². The molecule has 0 aliphatic carbocycles. The van der Waals surface area contributed by atoms with Crippen molar-refractivity contribution in [3.63, 3.8) is 0 Å². The number of nitrogens with one attached hydrogen (secondary N) is 4. The van der Waals surface area contributed by atoms with Crippen LogP contribution in [-0.2, 0) is 57.2 Å². The van der Waals surface area contributed by atoms with Crippen LogP contribution in [0.3, 0.4) is 0 Å². The van der Waals surface area contributed by atoms with Crippen LogP contribution in [0.4, 0.5) is 0 Å². The number of unbranched alkanes of at least 4 members (excludes halogenated alkanes) is 5. The van der Waals surface area contributed by atoms with E-state index >= 15 is 0 Å². The van der Waals surface area contributed by atoms with E-state index < -0.39 is 73.0 Å². The highest BCUT2D eigenvalue weighted by Gasteiger charge is 2.50.